The van der Waals surface area contributed by atoms with Crippen molar-refractivity contribution in [3.63, 3.8) is 0 Å². The van der Waals surface area contributed by atoms with E-state index in [0.717, 1.165) is 5.56 Å². The van der Waals surface area contributed by atoms with Crippen LogP contribution in [-0.2, 0) is 26.5 Å². The number of rotatable bonds is 4. The minimum atomic E-state index is -3.66. The van der Waals surface area contributed by atoms with Gasteiger partial charge >= 0.3 is 0 Å². The molecule has 3 rings (SSSR count). The lowest BCUT2D eigenvalue weighted by molar-refractivity contribution is 0.592. The monoisotopic (exact) mass is 366 g/mol. The standard InChI is InChI=1S/C16H18N2O4S2/c1-23(19,20)18-11-5-6-13-12-14(9-10-16(13)18)17-24(21,22)15-7-3-2-4-8-15/h2-4,7-10,12,17H,5-6,11H2,1H3. The maximum absolute atomic E-state index is 12.4. The van der Waals surface area contributed by atoms with Crippen molar-refractivity contribution in [2.75, 3.05) is 21.8 Å². The fourth-order valence-electron chi connectivity index (χ4n) is 2.78. The van der Waals surface area contributed by atoms with E-state index in [1.165, 1.54) is 22.7 Å². The Morgan fingerprint density at radius 2 is 1.71 bits per heavy atom. The van der Waals surface area contributed by atoms with Gasteiger partial charge in [0.05, 0.1) is 16.8 Å². The average Bonchev–Trinajstić information content (AvgIpc) is 2.53. The minimum Gasteiger partial charge on any atom is -0.280 e. The molecule has 2 aromatic carbocycles. The number of nitrogens with one attached hydrogen (secondary N) is 1. The van der Waals surface area contributed by atoms with Crippen molar-refractivity contribution in [2.45, 2.75) is 17.7 Å². The maximum Gasteiger partial charge on any atom is 0.261 e. The summed E-state index contributed by atoms with van der Waals surface area (Å²) in [5.41, 5.74) is 1.86. The van der Waals surface area contributed by atoms with Gasteiger partial charge in [0, 0.05) is 12.2 Å². The van der Waals surface area contributed by atoms with Crippen LogP contribution < -0.4 is 9.03 Å². The molecule has 1 heterocycles. The zero-order chi connectivity index (χ0) is 17.4. The van der Waals surface area contributed by atoms with Gasteiger partial charge in [-0.05, 0) is 48.7 Å². The highest BCUT2D eigenvalue weighted by Gasteiger charge is 2.24. The number of fused-ring (bicyclic) bond motifs is 1. The number of sulfonamides is 2. The summed E-state index contributed by atoms with van der Waals surface area (Å²) in [5.74, 6) is 0. The van der Waals surface area contributed by atoms with Crippen LogP contribution in [0.25, 0.3) is 0 Å². The van der Waals surface area contributed by atoms with Gasteiger partial charge in [-0.1, -0.05) is 18.2 Å². The first-order valence-corrected chi connectivity index (χ1v) is 10.8. The molecule has 0 amide bonds. The van der Waals surface area contributed by atoms with Crippen molar-refractivity contribution in [3.05, 3.63) is 54.1 Å². The molecule has 8 heteroatoms. The van der Waals surface area contributed by atoms with Gasteiger partial charge in [0.1, 0.15) is 0 Å². The lowest BCUT2D eigenvalue weighted by Gasteiger charge is -2.29. The summed E-state index contributed by atoms with van der Waals surface area (Å²) in [6.45, 7) is 0.445. The first kappa shape index (κ1) is 16.8. The van der Waals surface area contributed by atoms with E-state index in [1.54, 1.807) is 36.4 Å². The van der Waals surface area contributed by atoms with Crippen molar-refractivity contribution in [2.24, 2.45) is 0 Å². The molecule has 1 aliphatic heterocycles. The Balaban J connectivity index is 1.93. The normalized spacial score (nSPS) is 15.0. The van der Waals surface area contributed by atoms with Crippen molar-refractivity contribution in [3.8, 4) is 0 Å². The quantitative estimate of drug-likeness (QED) is 0.899. The Labute approximate surface area is 142 Å². The minimum absolute atomic E-state index is 0.181. The molecule has 0 radical (unpaired) electrons. The number of anilines is 2. The summed E-state index contributed by atoms with van der Waals surface area (Å²) < 4.78 is 52.4. The molecular formula is C16H18N2O4S2. The lowest BCUT2D eigenvalue weighted by Crippen LogP contribution is -2.34. The summed E-state index contributed by atoms with van der Waals surface area (Å²) in [6.07, 6.45) is 2.59. The van der Waals surface area contributed by atoms with Crippen LogP contribution in [0.2, 0.25) is 0 Å². The van der Waals surface area contributed by atoms with Crippen LogP contribution in [0.4, 0.5) is 11.4 Å². The van der Waals surface area contributed by atoms with Crippen LogP contribution >= 0.6 is 0 Å². The van der Waals surface area contributed by atoms with Crippen molar-refractivity contribution in [1.82, 2.24) is 0 Å². The van der Waals surface area contributed by atoms with Gasteiger partial charge in [-0.3, -0.25) is 9.03 Å². The Kier molecular flexibility index (Phi) is 4.27. The number of aryl methyl sites for hydroxylation is 1. The van der Waals surface area contributed by atoms with E-state index in [4.69, 9.17) is 0 Å². The molecule has 0 saturated carbocycles. The van der Waals surface area contributed by atoms with E-state index in [0.29, 0.717) is 30.8 Å². The van der Waals surface area contributed by atoms with Gasteiger partial charge in [0.2, 0.25) is 10.0 Å². The zero-order valence-electron chi connectivity index (χ0n) is 13.1. The number of hydrogen-bond donors (Lipinski definition) is 1. The third-order valence-electron chi connectivity index (χ3n) is 3.86. The topological polar surface area (TPSA) is 83.6 Å². The molecule has 0 unspecified atom stereocenters. The first-order chi connectivity index (χ1) is 11.3. The van der Waals surface area contributed by atoms with Crippen LogP contribution in [0.15, 0.2) is 53.4 Å². The highest BCUT2D eigenvalue weighted by molar-refractivity contribution is 7.92. The third-order valence-corrected chi connectivity index (χ3v) is 6.44. The van der Waals surface area contributed by atoms with E-state index < -0.39 is 20.0 Å². The Morgan fingerprint density at radius 3 is 2.38 bits per heavy atom. The first-order valence-electron chi connectivity index (χ1n) is 7.46. The molecule has 1 aliphatic rings. The SMILES string of the molecule is CS(=O)(=O)N1CCCc2cc(NS(=O)(=O)c3ccccc3)ccc21. The Bertz CT molecular complexity index is 955. The van der Waals surface area contributed by atoms with Crippen molar-refractivity contribution in [1.29, 1.82) is 0 Å². The van der Waals surface area contributed by atoms with E-state index in [9.17, 15) is 16.8 Å². The predicted octanol–water partition coefficient (Wildman–Crippen LogP) is 2.20. The van der Waals surface area contributed by atoms with Crippen LogP contribution in [0, 0.1) is 0 Å². The molecule has 0 saturated heterocycles. The Hall–Kier alpha value is -2.06. The second-order valence-corrected chi connectivity index (χ2v) is 9.29. The molecule has 24 heavy (non-hydrogen) atoms. The number of benzene rings is 2. The second kappa shape index (κ2) is 6.10. The largest absolute Gasteiger partial charge is 0.280 e. The molecule has 2 aromatic rings. The second-order valence-electron chi connectivity index (χ2n) is 5.70. The highest BCUT2D eigenvalue weighted by atomic mass is 32.2. The third kappa shape index (κ3) is 3.39. The highest BCUT2D eigenvalue weighted by Crippen LogP contribution is 2.31. The summed E-state index contributed by atoms with van der Waals surface area (Å²) in [4.78, 5) is 0.181. The maximum atomic E-state index is 12.4. The van der Waals surface area contributed by atoms with Gasteiger partial charge in [-0.15, -0.1) is 0 Å². The van der Waals surface area contributed by atoms with E-state index >= 15 is 0 Å². The van der Waals surface area contributed by atoms with E-state index in [1.807, 2.05) is 0 Å². The fraction of sp³-hybridized carbons (Fsp3) is 0.250. The summed E-state index contributed by atoms with van der Waals surface area (Å²) in [6, 6.07) is 13.0. The molecule has 0 aliphatic carbocycles. The summed E-state index contributed by atoms with van der Waals surface area (Å²) in [5, 5.41) is 0. The molecule has 0 bridgehead atoms. The molecule has 0 spiro atoms. The van der Waals surface area contributed by atoms with Crippen LogP contribution in [0.3, 0.4) is 0 Å². The molecule has 0 atom stereocenters. The van der Waals surface area contributed by atoms with Gasteiger partial charge in [-0.25, -0.2) is 16.8 Å². The molecule has 128 valence electrons. The predicted molar refractivity (Wildman–Crippen MR) is 94.2 cm³/mol. The lowest BCUT2D eigenvalue weighted by atomic mass is 10.0. The zero-order valence-corrected chi connectivity index (χ0v) is 14.8. The van der Waals surface area contributed by atoms with E-state index in [2.05, 4.69) is 4.72 Å². The van der Waals surface area contributed by atoms with Crippen molar-refractivity contribution >= 4 is 31.4 Å². The summed E-state index contributed by atoms with van der Waals surface area (Å²) in [7, 11) is -7.00. The van der Waals surface area contributed by atoms with Gasteiger partial charge in [0.15, 0.2) is 0 Å². The molecule has 0 aromatic heterocycles. The molecule has 0 fully saturated rings. The summed E-state index contributed by atoms with van der Waals surface area (Å²) >= 11 is 0. The smallest absolute Gasteiger partial charge is 0.261 e. The molecular weight excluding hydrogens is 348 g/mol. The van der Waals surface area contributed by atoms with Crippen molar-refractivity contribution < 1.29 is 16.8 Å². The number of hydrogen-bond acceptors (Lipinski definition) is 4. The van der Waals surface area contributed by atoms with Gasteiger partial charge < -0.3 is 0 Å². The molecule has 1 N–H and O–H groups in total. The van der Waals surface area contributed by atoms with E-state index in [-0.39, 0.29) is 4.90 Å². The van der Waals surface area contributed by atoms with Gasteiger partial charge in [-0.2, -0.15) is 0 Å². The van der Waals surface area contributed by atoms with Gasteiger partial charge in [0.25, 0.3) is 10.0 Å². The Morgan fingerprint density at radius 1 is 1.00 bits per heavy atom. The van der Waals surface area contributed by atoms with Crippen LogP contribution in [0.5, 0.6) is 0 Å². The average molecular weight is 366 g/mol. The van der Waals surface area contributed by atoms with Crippen LogP contribution in [-0.4, -0.2) is 29.6 Å². The van der Waals surface area contributed by atoms with Crippen LogP contribution in [0.1, 0.15) is 12.0 Å². The molecule has 6 nitrogen and oxygen atoms in total. The fourth-order valence-corrected chi connectivity index (χ4v) is 4.85. The number of nitrogens with zero attached hydrogens (tertiary/aromatic N) is 1.